The number of amides is 2. The number of anilines is 1. The highest BCUT2D eigenvalue weighted by molar-refractivity contribution is 5.94. The average Bonchev–Trinajstić information content (AvgIpc) is 3.43. The molecule has 2 aromatic carbocycles. The molecule has 1 atom stereocenters. The predicted octanol–water partition coefficient (Wildman–Crippen LogP) is 5.20. The van der Waals surface area contributed by atoms with Crippen molar-refractivity contribution >= 4 is 28.4 Å². The lowest BCUT2D eigenvalue weighted by atomic mass is 9.79. The zero-order valence-corrected chi connectivity index (χ0v) is 18.3. The van der Waals surface area contributed by atoms with Crippen LogP contribution >= 0.6 is 0 Å². The van der Waals surface area contributed by atoms with Gasteiger partial charge in [0.15, 0.2) is 0 Å². The molecule has 3 aromatic rings. The van der Waals surface area contributed by atoms with Crippen molar-refractivity contribution in [2.24, 2.45) is 17.3 Å². The summed E-state index contributed by atoms with van der Waals surface area (Å²) in [7, 11) is 0. The molecule has 2 N–H and O–H groups in total. The van der Waals surface area contributed by atoms with Crippen LogP contribution in [-0.4, -0.2) is 34.8 Å². The second-order valence-corrected chi connectivity index (χ2v) is 9.91. The van der Waals surface area contributed by atoms with Gasteiger partial charge >= 0.3 is 0 Å². The molecule has 32 heavy (non-hydrogen) atoms. The smallest absolute Gasteiger partial charge is 0.227 e. The minimum atomic E-state index is -0.0346. The van der Waals surface area contributed by atoms with Crippen molar-refractivity contribution in [3.63, 3.8) is 0 Å². The van der Waals surface area contributed by atoms with E-state index in [2.05, 4.69) is 34.6 Å². The number of carbonyl (C=O) groups excluding carboxylic acids is 2. The Labute approximate surface area is 188 Å². The van der Waals surface area contributed by atoms with Gasteiger partial charge in [0.1, 0.15) is 0 Å². The molecule has 3 aliphatic rings. The number of aromatic nitrogens is 1. The molecule has 0 unspecified atom stereocenters. The maximum absolute atomic E-state index is 12.9. The third kappa shape index (κ3) is 3.40. The maximum atomic E-state index is 12.9. The lowest BCUT2D eigenvalue weighted by molar-refractivity contribution is -0.137. The number of likely N-dealkylation sites (tertiary alicyclic amines) is 1. The minimum Gasteiger partial charge on any atom is -0.355 e. The number of fused-ring (bicyclic) bond motifs is 1. The van der Waals surface area contributed by atoms with Gasteiger partial charge in [0.25, 0.3) is 0 Å². The fourth-order valence-electron chi connectivity index (χ4n) is 5.70. The number of aromatic amines is 1. The van der Waals surface area contributed by atoms with Crippen LogP contribution in [0, 0.1) is 17.3 Å². The van der Waals surface area contributed by atoms with Crippen LogP contribution in [0.2, 0.25) is 0 Å². The highest BCUT2D eigenvalue weighted by atomic mass is 16.2. The average molecular weight is 428 g/mol. The molecule has 1 aliphatic heterocycles. The Hall–Kier alpha value is -3.08. The Morgan fingerprint density at radius 1 is 1.00 bits per heavy atom. The highest BCUT2D eigenvalue weighted by Crippen LogP contribution is 2.66. The largest absolute Gasteiger partial charge is 0.355 e. The summed E-state index contributed by atoms with van der Waals surface area (Å²) >= 11 is 0. The summed E-state index contributed by atoms with van der Waals surface area (Å²) in [4.78, 5) is 31.2. The molecule has 0 bridgehead atoms. The van der Waals surface area contributed by atoms with Crippen LogP contribution < -0.4 is 5.32 Å². The van der Waals surface area contributed by atoms with E-state index in [1.807, 2.05) is 35.2 Å². The molecule has 5 nitrogen and oxygen atoms in total. The number of para-hydroxylation sites is 1. The summed E-state index contributed by atoms with van der Waals surface area (Å²) in [5.74, 6) is 0.643. The number of rotatable bonds is 4. The van der Waals surface area contributed by atoms with Gasteiger partial charge in [-0.3, -0.25) is 9.59 Å². The molecule has 1 saturated heterocycles. The Morgan fingerprint density at radius 2 is 1.81 bits per heavy atom. The van der Waals surface area contributed by atoms with Crippen molar-refractivity contribution in [2.45, 2.75) is 38.5 Å². The summed E-state index contributed by atoms with van der Waals surface area (Å²) in [6, 6.07) is 18.3. The molecule has 1 aromatic heterocycles. The van der Waals surface area contributed by atoms with Gasteiger partial charge in [-0.05, 0) is 61.8 Å². The number of nitrogens with one attached hydrogen (secondary N) is 2. The van der Waals surface area contributed by atoms with E-state index in [0.717, 1.165) is 41.7 Å². The third-order valence-corrected chi connectivity index (χ3v) is 7.99. The Kier molecular flexibility index (Phi) is 4.60. The lowest BCUT2D eigenvalue weighted by Crippen LogP contribution is -2.43. The van der Waals surface area contributed by atoms with Crippen molar-refractivity contribution in [3.05, 3.63) is 54.6 Å². The Balaban J connectivity index is 1.07. The molecule has 164 valence electrons. The number of nitrogens with zero attached hydrogens (tertiary/aromatic N) is 1. The van der Waals surface area contributed by atoms with Crippen molar-refractivity contribution in [1.82, 2.24) is 9.88 Å². The molecule has 2 heterocycles. The first-order valence-corrected chi connectivity index (χ1v) is 11.9. The summed E-state index contributed by atoms with van der Waals surface area (Å²) in [5.41, 5.74) is 4.39. The van der Waals surface area contributed by atoms with Crippen molar-refractivity contribution in [2.75, 3.05) is 18.4 Å². The topological polar surface area (TPSA) is 65.2 Å². The van der Waals surface area contributed by atoms with E-state index < -0.39 is 0 Å². The number of hydrogen-bond donors (Lipinski definition) is 2. The van der Waals surface area contributed by atoms with E-state index in [0.29, 0.717) is 24.4 Å². The van der Waals surface area contributed by atoms with Crippen LogP contribution in [0.25, 0.3) is 22.2 Å². The number of hydrogen-bond acceptors (Lipinski definition) is 2. The number of H-pyrrole nitrogens is 1. The van der Waals surface area contributed by atoms with Gasteiger partial charge in [0, 0.05) is 52.8 Å². The summed E-state index contributed by atoms with van der Waals surface area (Å²) in [6.45, 7) is 1.41. The van der Waals surface area contributed by atoms with Crippen LogP contribution in [0.15, 0.2) is 54.6 Å². The number of carbonyl (C=O) groups is 2. The SMILES string of the molecule is O=C(Nc1cccc(-c2cc3ccccc3[nH]2)c1)C1CCN(C(=O)[C@H]2CC23CCC3)CC1. The van der Waals surface area contributed by atoms with Crippen molar-refractivity contribution in [3.8, 4) is 11.3 Å². The lowest BCUT2D eigenvalue weighted by Gasteiger charge is -2.33. The van der Waals surface area contributed by atoms with Crippen LogP contribution in [0.5, 0.6) is 0 Å². The van der Waals surface area contributed by atoms with Gasteiger partial charge in [0.05, 0.1) is 0 Å². The van der Waals surface area contributed by atoms with Crippen molar-refractivity contribution < 1.29 is 9.59 Å². The molecule has 6 rings (SSSR count). The van der Waals surface area contributed by atoms with Gasteiger partial charge in [-0.25, -0.2) is 0 Å². The van der Waals surface area contributed by atoms with Crippen LogP contribution in [0.4, 0.5) is 5.69 Å². The predicted molar refractivity (Wildman–Crippen MR) is 126 cm³/mol. The van der Waals surface area contributed by atoms with Gasteiger partial charge in [-0.2, -0.15) is 0 Å². The summed E-state index contributed by atoms with van der Waals surface area (Å²) in [6.07, 6.45) is 6.35. The monoisotopic (exact) mass is 427 g/mol. The van der Waals surface area contributed by atoms with Gasteiger partial charge in [0.2, 0.25) is 11.8 Å². The maximum Gasteiger partial charge on any atom is 0.227 e. The molecule has 5 heteroatoms. The Morgan fingerprint density at radius 3 is 2.53 bits per heavy atom. The molecular formula is C27H29N3O2. The molecule has 1 spiro atoms. The molecular weight excluding hydrogens is 398 g/mol. The molecule has 2 aliphatic carbocycles. The standard InChI is InChI=1S/C27H29N3O2/c31-25(18-9-13-30(14-10-18)26(32)22-17-27(22)11-4-12-27)28-21-7-3-6-19(15-21)24-16-20-5-1-2-8-23(20)29-24/h1-3,5-8,15-16,18,22,29H,4,9-14,17H2,(H,28,31)/t22-/m1/s1. The molecule has 3 fully saturated rings. The van der Waals surface area contributed by atoms with Gasteiger partial charge in [-0.1, -0.05) is 36.8 Å². The first-order valence-electron chi connectivity index (χ1n) is 11.9. The first-order chi connectivity index (χ1) is 15.6. The summed E-state index contributed by atoms with van der Waals surface area (Å²) in [5, 5.41) is 4.28. The molecule has 2 saturated carbocycles. The quantitative estimate of drug-likeness (QED) is 0.601. The van der Waals surface area contributed by atoms with Crippen LogP contribution in [0.3, 0.4) is 0 Å². The van der Waals surface area contributed by atoms with E-state index in [9.17, 15) is 9.59 Å². The second kappa shape index (κ2) is 7.51. The van der Waals surface area contributed by atoms with Gasteiger partial charge in [-0.15, -0.1) is 0 Å². The summed E-state index contributed by atoms with van der Waals surface area (Å²) < 4.78 is 0. The minimum absolute atomic E-state index is 0.0346. The fourth-order valence-corrected chi connectivity index (χ4v) is 5.70. The fraction of sp³-hybridized carbons (Fsp3) is 0.407. The number of benzene rings is 2. The van der Waals surface area contributed by atoms with E-state index >= 15 is 0 Å². The normalized spacial score (nSPS) is 22.0. The van der Waals surface area contributed by atoms with Crippen LogP contribution in [0.1, 0.15) is 38.5 Å². The van der Waals surface area contributed by atoms with E-state index in [-0.39, 0.29) is 17.7 Å². The highest BCUT2D eigenvalue weighted by Gasteiger charge is 2.61. The Bertz CT molecular complexity index is 1150. The zero-order valence-electron chi connectivity index (χ0n) is 18.3. The molecule has 0 radical (unpaired) electrons. The van der Waals surface area contributed by atoms with Gasteiger partial charge < -0.3 is 15.2 Å². The van der Waals surface area contributed by atoms with Crippen molar-refractivity contribution in [1.29, 1.82) is 0 Å². The first kappa shape index (κ1) is 19.6. The van der Waals surface area contributed by atoms with E-state index in [1.165, 1.54) is 24.6 Å². The zero-order chi connectivity index (χ0) is 21.7. The van der Waals surface area contributed by atoms with E-state index in [1.54, 1.807) is 0 Å². The van der Waals surface area contributed by atoms with E-state index in [4.69, 9.17) is 0 Å². The molecule has 2 amide bonds. The van der Waals surface area contributed by atoms with Crippen LogP contribution in [-0.2, 0) is 9.59 Å². The third-order valence-electron chi connectivity index (χ3n) is 7.99. The second-order valence-electron chi connectivity index (χ2n) is 9.91. The number of piperidine rings is 1.